The predicted molar refractivity (Wildman–Crippen MR) is 50.0 cm³/mol. The van der Waals surface area contributed by atoms with E-state index in [1.54, 1.807) is 0 Å². The smallest absolute Gasteiger partial charge is 0.0129 e. The van der Waals surface area contributed by atoms with Crippen LogP contribution in [0.15, 0.2) is 0 Å². The quantitative estimate of drug-likeness (QED) is 0.531. The first-order valence-electron chi connectivity index (χ1n) is 5.42. The van der Waals surface area contributed by atoms with Gasteiger partial charge in [0.15, 0.2) is 0 Å². The largest absolute Gasteiger partial charge is 0.303 e. The standard InChI is InChI=1S/C11H19N/c1-11-5-3-4-9(11)10-6-8(11)7-12(10)2/h8-10H,3-7H2,1-2H3. The number of fused-ring (bicyclic) bond motifs is 5. The minimum Gasteiger partial charge on any atom is -0.303 e. The van der Waals surface area contributed by atoms with Gasteiger partial charge < -0.3 is 4.90 Å². The molecule has 1 heteroatoms. The molecule has 1 saturated heterocycles. The fraction of sp³-hybridized carbons (Fsp3) is 1.00. The maximum atomic E-state index is 2.61. The molecule has 0 N–H and O–H groups in total. The van der Waals surface area contributed by atoms with Crippen LogP contribution in [0.5, 0.6) is 0 Å². The van der Waals surface area contributed by atoms with Gasteiger partial charge in [0.2, 0.25) is 0 Å². The molecule has 2 bridgehead atoms. The van der Waals surface area contributed by atoms with Crippen LogP contribution in [-0.2, 0) is 0 Å². The van der Waals surface area contributed by atoms with Gasteiger partial charge in [0.25, 0.3) is 0 Å². The van der Waals surface area contributed by atoms with Gasteiger partial charge in [-0.15, -0.1) is 0 Å². The molecule has 2 saturated carbocycles. The van der Waals surface area contributed by atoms with Crippen LogP contribution in [0.1, 0.15) is 32.6 Å². The van der Waals surface area contributed by atoms with Crippen molar-refractivity contribution in [1.29, 1.82) is 0 Å². The molecule has 68 valence electrons. The number of hydrogen-bond donors (Lipinski definition) is 0. The Bertz CT molecular complexity index is 213. The maximum Gasteiger partial charge on any atom is 0.0129 e. The SMILES string of the molecule is CN1CC2CC1C1CCCC21C. The second-order valence-corrected chi connectivity index (χ2v) is 5.44. The highest BCUT2D eigenvalue weighted by atomic mass is 15.2. The zero-order valence-electron chi connectivity index (χ0n) is 8.21. The summed E-state index contributed by atoms with van der Waals surface area (Å²) in [5, 5.41) is 0. The Balaban J connectivity index is 1.97. The molecule has 0 amide bonds. The minimum atomic E-state index is 0.761. The van der Waals surface area contributed by atoms with Crippen molar-refractivity contribution in [1.82, 2.24) is 4.90 Å². The molecule has 2 aliphatic carbocycles. The monoisotopic (exact) mass is 165 g/mol. The van der Waals surface area contributed by atoms with E-state index in [4.69, 9.17) is 0 Å². The van der Waals surface area contributed by atoms with Crippen molar-refractivity contribution >= 4 is 0 Å². The van der Waals surface area contributed by atoms with Crippen LogP contribution in [0.25, 0.3) is 0 Å². The molecule has 1 heterocycles. The molecule has 3 rings (SSSR count). The summed E-state index contributed by atoms with van der Waals surface area (Å²) in [4.78, 5) is 2.61. The lowest BCUT2D eigenvalue weighted by Gasteiger charge is -2.40. The van der Waals surface area contributed by atoms with Gasteiger partial charge in [-0.1, -0.05) is 13.3 Å². The highest BCUT2D eigenvalue weighted by molar-refractivity contribution is 5.10. The normalized spacial score (nSPS) is 58.0. The molecule has 4 unspecified atom stereocenters. The van der Waals surface area contributed by atoms with E-state index in [-0.39, 0.29) is 0 Å². The summed E-state index contributed by atoms with van der Waals surface area (Å²) in [6.07, 6.45) is 6.05. The van der Waals surface area contributed by atoms with Crippen LogP contribution < -0.4 is 0 Å². The summed E-state index contributed by atoms with van der Waals surface area (Å²) in [5.74, 6) is 2.10. The third kappa shape index (κ3) is 0.654. The van der Waals surface area contributed by atoms with Crippen LogP contribution in [0, 0.1) is 17.3 Å². The highest BCUT2D eigenvalue weighted by Gasteiger charge is 2.58. The molecule has 0 spiro atoms. The van der Waals surface area contributed by atoms with Crippen molar-refractivity contribution in [3.8, 4) is 0 Å². The number of likely N-dealkylation sites (tertiary alicyclic amines) is 1. The molecule has 0 aromatic heterocycles. The number of piperidine rings is 1. The molecule has 1 nitrogen and oxygen atoms in total. The van der Waals surface area contributed by atoms with Crippen molar-refractivity contribution < 1.29 is 0 Å². The van der Waals surface area contributed by atoms with Crippen LogP contribution in [0.2, 0.25) is 0 Å². The third-order valence-corrected chi connectivity index (χ3v) is 5.08. The summed E-state index contributed by atoms with van der Waals surface area (Å²) in [5.41, 5.74) is 0.761. The summed E-state index contributed by atoms with van der Waals surface area (Å²) in [6.45, 7) is 3.94. The van der Waals surface area contributed by atoms with Gasteiger partial charge in [0.05, 0.1) is 0 Å². The Morgan fingerprint density at radius 2 is 2.25 bits per heavy atom. The molecular weight excluding hydrogens is 146 g/mol. The maximum absolute atomic E-state index is 2.61. The van der Waals surface area contributed by atoms with Crippen molar-refractivity contribution in [2.45, 2.75) is 38.6 Å². The first kappa shape index (κ1) is 7.37. The average Bonchev–Trinajstić information content (AvgIpc) is 2.58. The van der Waals surface area contributed by atoms with Crippen LogP contribution in [-0.4, -0.2) is 24.5 Å². The zero-order valence-corrected chi connectivity index (χ0v) is 8.21. The summed E-state index contributed by atoms with van der Waals surface area (Å²) in [7, 11) is 2.32. The van der Waals surface area contributed by atoms with Gasteiger partial charge in [-0.2, -0.15) is 0 Å². The van der Waals surface area contributed by atoms with Gasteiger partial charge in [-0.3, -0.25) is 0 Å². The molecule has 4 atom stereocenters. The fourth-order valence-corrected chi connectivity index (χ4v) is 4.33. The predicted octanol–water partition coefficient (Wildman–Crippen LogP) is 2.13. The van der Waals surface area contributed by atoms with Gasteiger partial charge >= 0.3 is 0 Å². The molecule has 3 aliphatic rings. The van der Waals surface area contributed by atoms with Crippen LogP contribution >= 0.6 is 0 Å². The summed E-state index contributed by atoms with van der Waals surface area (Å²) in [6, 6.07) is 0.961. The van der Waals surface area contributed by atoms with E-state index in [0.717, 1.165) is 23.3 Å². The van der Waals surface area contributed by atoms with Crippen molar-refractivity contribution in [2.24, 2.45) is 17.3 Å². The molecule has 12 heavy (non-hydrogen) atoms. The lowest BCUT2D eigenvalue weighted by Crippen LogP contribution is -2.42. The molecule has 0 aromatic rings. The Labute approximate surface area is 75.1 Å². The zero-order chi connectivity index (χ0) is 8.34. The molecule has 0 aromatic carbocycles. The van der Waals surface area contributed by atoms with Crippen molar-refractivity contribution in [3.63, 3.8) is 0 Å². The first-order valence-corrected chi connectivity index (χ1v) is 5.42. The summed E-state index contributed by atoms with van der Waals surface area (Å²) < 4.78 is 0. The number of nitrogens with zero attached hydrogens (tertiary/aromatic N) is 1. The molecule has 0 radical (unpaired) electrons. The van der Waals surface area contributed by atoms with Crippen molar-refractivity contribution in [2.75, 3.05) is 13.6 Å². The van der Waals surface area contributed by atoms with E-state index in [1.807, 2.05) is 0 Å². The Morgan fingerprint density at radius 1 is 1.42 bits per heavy atom. The minimum absolute atomic E-state index is 0.761. The van der Waals surface area contributed by atoms with E-state index in [9.17, 15) is 0 Å². The Hall–Kier alpha value is -0.0400. The van der Waals surface area contributed by atoms with Crippen LogP contribution in [0.4, 0.5) is 0 Å². The van der Waals surface area contributed by atoms with E-state index >= 15 is 0 Å². The average molecular weight is 165 g/mol. The Morgan fingerprint density at radius 3 is 3.08 bits per heavy atom. The van der Waals surface area contributed by atoms with E-state index in [0.29, 0.717) is 0 Å². The fourth-order valence-electron chi connectivity index (χ4n) is 4.33. The summed E-state index contributed by atoms with van der Waals surface area (Å²) >= 11 is 0. The third-order valence-electron chi connectivity index (χ3n) is 5.08. The number of hydrogen-bond acceptors (Lipinski definition) is 1. The lowest BCUT2D eigenvalue weighted by molar-refractivity contribution is 0.0784. The molecule has 1 aliphatic heterocycles. The highest BCUT2D eigenvalue weighted by Crippen LogP contribution is 2.61. The van der Waals surface area contributed by atoms with E-state index in [2.05, 4.69) is 18.9 Å². The van der Waals surface area contributed by atoms with Gasteiger partial charge in [-0.05, 0) is 43.6 Å². The molecule has 3 fully saturated rings. The van der Waals surface area contributed by atoms with E-state index in [1.165, 1.54) is 32.2 Å². The van der Waals surface area contributed by atoms with Gasteiger partial charge in [-0.25, -0.2) is 0 Å². The first-order chi connectivity index (χ1) is 5.72. The second kappa shape index (κ2) is 2.06. The topological polar surface area (TPSA) is 3.24 Å². The lowest BCUT2D eigenvalue weighted by atomic mass is 9.73. The van der Waals surface area contributed by atoms with Gasteiger partial charge in [0.1, 0.15) is 0 Å². The number of rotatable bonds is 0. The van der Waals surface area contributed by atoms with Gasteiger partial charge in [0, 0.05) is 12.6 Å². The Kier molecular flexibility index (Phi) is 1.27. The van der Waals surface area contributed by atoms with E-state index < -0.39 is 0 Å². The second-order valence-electron chi connectivity index (χ2n) is 5.44. The van der Waals surface area contributed by atoms with Crippen molar-refractivity contribution in [3.05, 3.63) is 0 Å². The van der Waals surface area contributed by atoms with Crippen LogP contribution in [0.3, 0.4) is 0 Å². The molecular formula is C11H19N.